The van der Waals surface area contributed by atoms with Gasteiger partial charge in [-0.3, -0.25) is 0 Å². The smallest absolute Gasteiger partial charge is 0.0198 e. The summed E-state index contributed by atoms with van der Waals surface area (Å²) in [6.45, 7) is 3.53. The second-order valence-electron chi connectivity index (χ2n) is 4.03. The lowest BCUT2D eigenvalue weighted by atomic mass is 10.1. The van der Waals surface area contributed by atoms with Crippen molar-refractivity contribution >= 4 is 11.3 Å². The molecule has 1 fully saturated rings. The second-order valence-corrected chi connectivity index (χ2v) is 5.06. The first-order chi connectivity index (χ1) is 6.84. The number of aryl methyl sites for hydroxylation is 1. The topological polar surface area (TPSA) is 15.3 Å². The summed E-state index contributed by atoms with van der Waals surface area (Å²) in [5.74, 6) is 0. The van der Waals surface area contributed by atoms with Gasteiger partial charge in [0.1, 0.15) is 0 Å². The number of nitrogens with zero attached hydrogens (tertiary/aromatic N) is 1. The van der Waals surface area contributed by atoms with E-state index >= 15 is 0 Å². The van der Waals surface area contributed by atoms with Crippen LogP contribution >= 0.6 is 11.3 Å². The van der Waals surface area contributed by atoms with Gasteiger partial charge in [-0.15, -0.1) is 11.3 Å². The third-order valence-electron chi connectivity index (χ3n) is 2.78. The molecule has 78 valence electrons. The van der Waals surface area contributed by atoms with Gasteiger partial charge in [0, 0.05) is 30.6 Å². The van der Waals surface area contributed by atoms with E-state index < -0.39 is 0 Å². The highest BCUT2D eigenvalue weighted by Gasteiger charge is 2.15. The molecule has 1 atom stereocenters. The Kier molecular flexibility index (Phi) is 3.56. The molecule has 1 aliphatic heterocycles. The molecule has 0 saturated carbocycles. The summed E-state index contributed by atoms with van der Waals surface area (Å²) in [7, 11) is 2.21. The molecule has 0 radical (unpaired) electrons. The van der Waals surface area contributed by atoms with E-state index in [2.05, 4.69) is 34.8 Å². The summed E-state index contributed by atoms with van der Waals surface area (Å²) in [5.41, 5.74) is 0. The maximum atomic E-state index is 3.57. The van der Waals surface area contributed by atoms with Crippen molar-refractivity contribution in [1.82, 2.24) is 10.2 Å². The molecular formula is C11H18N2S. The van der Waals surface area contributed by atoms with Crippen LogP contribution in [0.15, 0.2) is 17.5 Å². The molecular weight excluding hydrogens is 192 g/mol. The third-order valence-corrected chi connectivity index (χ3v) is 3.71. The minimum Gasteiger partial charge on any atom is -0.311 e. The average molecular weight is 210 g/mol. The van der Waals surface area contributed by atoms with Gasteiger partial charge in [0.05, 0.1) is 0 Å². The molecule has 1 aromatic heterocycles. The molecule has 3 heteroatoms. The average Bonchev–Trinajstić information content (AvgIpc) is 2.67. The second kappa shape index (κ2) is 4.91. The first-order valence-corrected chi connectivity index (χ1v) is 6.17. The molecule has 1 saturated heterocycles. The number of rotatable bonds is 3. The van der Waals surface area contributed by atoms with Crippen LogP contribution in [0.25, 0.3) is 0 Å². The van der Waals surface area contributed by atoms with Crippen LogP contribution in [-0.2, 0) is 6.42 Å². The monoisotopic (exact) mass is 210 g/mol. The van der Waals surface area contributed by atoms with Crippen LogP contribution in [0.3, 0.4) is 0 Å². The molecule has 1 aromatic rings. The predicted octanol–water partition coefficient (Wildman–Crippen LogP) is 1.58. The van der Waals surface area contributed by atoms with Gasteiger partial charge in [0.25, 0.3) is 0 Å². The van der Waals surface area contributed by atoms with Crippen LogP contribution in [0.1, 0.15) is 11.3 Å². The number of hydrogen-bond acceptors (Lipinski definition) is 3. The maximum Gasteiger partial charge on any atom is 0.0198 e. The van der Waals surface area contributed by atoms with Gasteiger partial charge in [-0.05, 0) is 31.3 Å². The predicted molar refractivity (Wildman–Crippen MR) is 61.9 cm³/mol. The highest BCUT2D eigenvalue weighted by Crippen LogP contribution is 2.13. The number of thiophene rings is 1. The lowest BCUT2D eigenvalue weighted by Gasteiger charge is -2.30. The molecule has 2 nitrogen and oxygen atoms in total. The SMILES string of the molecule is CN1CCNC(CCc2cccs2)C1. The summed E-state index contributed by atoms with van der Waals surface area (Å²) in [5, 5.41) is 5.74. The number of piperazine rings is 1. The van der Waals surface area contributed by atoms with Crippen LogP contribution in [0, 0.1) is 0 Å². The van der Waals surface area contributed by atoms with E-state index in [1.807, 2.05) is 11.3 Å². The summed E-state index contributed by atoms with van der Waals surface area (Å²) in [6, 6.07) is 5.06. The first kappa shape index (κ1) is 10.1. The van der Waals surface area contributed by atoms with Crippen LogP contribution in [-0.4, -0.2) is 37.6 Å². The van der Waals surface area contributed by atoms with Gasteiger partial charge < -0.3 is 10.2 Å². The van der Waals surface area contributed by atoms with Crippen molar-refractivity contribution in [2.24, 2.45) is 0 Å². The van der Waals surface area contributed by atoms with E-state index in [-0.39, 0.29) is 0 Å². The van der Waals surface area contributed by atoms with Crippen LogP contribution in [0.5, 0.6) is 0 Å². The molecule has 2 heterocycles. The van der Waals surface area contributed by atoms with Crippen molar-refractivity contribution in [2.45, 2.75) is 18.9 Å². The molecule has 2 rings (SSSR count). The van der Waals surface area contributed by atoms with Gasteiger partial charge in [0.15, 0.2) is 0 Å². The number of nitrogens with one attached hydrogen (secondary N) is 1. The fraction of sp³-hybridized carbons (Fsp3) is 0.636. The van der Waals surface area contributed by atoms with Crippen molar-refractivity contribution in [1.29, 1.82) is 0 Å². The molecule has 0 spiro atoms. The molecule has 1 N–H and O–H groups in total. The summed E-state index contributed by atoms with van der Waals surface area (Å²) >= 11 is 1.87. The Hall–Kier alpha value is -0.380. The molecule has 14 heavy (non-hydrogen) atoms. The zero-order chi connectivity index (χ0) is 9.80. The maximum absolute atomic E-state index is 3.57. The van der Waals surface area contributed by atoms with Gasteiger partial charge in [-0.25, -0.2) is 0 Å². The normalized spacial score (nSPS) is 23.9. The van der Waals surface area contributed by atoms with E-state index in [9.17, 15) is 0 Å². The van der Waals surface area contributed by atoms with Gasteiger partial charge in [-0.2, -0.15) is 0 Å². The summed E-state index contributed by atoms with van der Waals surface area (Å²) < 4.78 is 0. The van der Waals surface area contributed by atoms with Crippen molar-refractivity contribution in [3.63, 3.8) is 0 Å². The Bertz CT molecular complexity index is 258. The standard InChI is InChI=1S/C11H18N2S/c1-13-7-6-12-10(9-13)4-5-11-3-2-8-14-11/h2-3,8,10,12H,4-7,9H2,1H3. The molecule has 1 aliphatic rings. The fourth-order valence-electron chi connectivity index (χ4n) is 1.96. The molecule has 0 aliphatic carbocycles. The minimum absolute atomic E-state index is 0.691. The lowest BCUT2D eigenvalue weighted by Crippen LogP contribution is -2.49. The summed E-state index contributed by atoms with van der Waals surface area (Å²) in [6.07, 6.45) is 2.49. The Morgan fingerprint density at radius 1 is 1.64 bits per heavy atom. The van der Waals surface area contributed by atoms with E-state index in [0.29, 0.717) is 6.04 Å². The fourth-order valence-corrected chi connectivity index (χ4v) is 2.68. The van der Waals surface area contributed by atoms with E-state index in [1.165, 1.54) is 30.8 Å². The lowest BCUT2D eigenvalue weighted by molar-refractivity contribution is 0.232. The van der Waals surface area contributed by atoms with E-state index in [1.54, 1.807) is 0 Å². The minimum atomic E-state index is 0.691. The number of likely N-dealkylation sites (N-methyl/N-ethyl adjacent to an activating group) is 1. The number of hydrogen-bond donors (Lipinski definition) is 1. The van der Waals surface area contributed by atoms with E-state index in [4.69, 9.17) is 0 Å². The van der Waals surface area contributed by atoms with Crippen molar-refractivity contribution in [3.8, 4) is 0 Å². The Morgan fingerprint density at radius 3 is 3.29 bits per heavy atom. The molecule has 1 unspecified atom stereocenters. The van der Waals surface area contributed by atoms with E-state index in [0.717, 1.165) is 6.54 Å². The highest BCUT2D eigenvalue weighted by molar-refractivity contribution is 7.09. The first-order valence-electron chi connectivity index (χ1n) is 5.29. The van der Waals surface area contributed by atoms with Gasteiger partial charge >= 0.3 is 0 Å². The van der Waals surface area contributed by atoms with Gasteiger partial charge in [-0.1, -0.05) is 6.07 Å². The Labute approximate surface area is 89.9 Å². The third kappa shape index (κ3) is 2.80. The zero-order valence-corrected chi connectivity index (χ0v) is 9.52. The van der Waals surface area contributed by atoms with Gasteiger partial charge in [0.2, 0.25) is 0 Å². The largest absolute Gasteiger partial charge is 0.311 e. The Morgan fingerprint density at radius 2 is 2.57 bits per heavy atom. The molecule has 0 amide bonds. The zero-order valence-electron chi connectivity index (χ0n) is 8.70. The van der Waals surface area contributed by atoms with Crippen LogP contribution in [0.4, 0.5) is 0 Å². The van der Waals surface area contributed by atoms with Crippen LogP contribution in [0.2, 0.25) is 0 Å². The van der Waals surface area contributed by atoms with Crippen molar-refractivity contribution in [2.75, 3.05) is 26.7 Å². The Balaban J connectivity index is 1.75. The molecule has 0 bridgehead atoms. The molecule has 0 aromatic carbocycles. The van der Waals surface area contributed by atoms with Crippen molar-refractivity contribution < 1.29 is 0 Å². The quantitative estimate of drug-likeness (QED) is 0.815. The highest BCUT2D eigenvalue weighted by atomic mass is 32.1. The van der Waals surface area contributed by atoms with Crippen LogP contribution < -0.4 is 5.32 Å². The summed E-state index contributed by atoms with van der Waals surface area (Å²) in [4.78, 5) is 3.93. The van der Waals surface area contributed by atoms with Crippen molar-refractivity contribution in [3.05, 3.63) is 22.4 Å².